The van der Waals surface area contributed by atoms with Gasteiger partial charge in [0.1, 0.15) is 28.0 Å². The molecule has 0 spiro atoms. The molecule has 2 aromatic heterocycles. The Bertz CT molecular complexity index is 1500. The van der Waals surface area contributed by atoms with E-state index in [1.807, 2.05) is 29.6 Å². The zero-order valence-corrected chi connectivity index (χ0v) is 24.7. The second kappa shape index (κ2) is 14.5. The summed E-state index contributed by atoms with van der Waals surface area (Å²) in [5, 5.41) is 5.57. The molecule has 1 N–H and O–H groups in total. The molecule has 1 amide bonds. The van der Waals surface area contributed by atoms with Gasteiger partial charge in [-0.2, -0.15) is 0 Å². The number of benzene rings is 3. The number of nitrogens with one attached hydrogen (secondary N) is 1. The third kappa shape index (κ3) is 7.66. The van der Waals surface area contributed by atoms with E-state index in [1.165, 1.54) is 22.5 Å². The molecular weight excluding hydrogens is 546 g/mol. The highest BCUT2D eigenvalue weighted by Crippen LogP contribution is 2.30. The molecule has 0 aliphatic carbocycles. The van der Waals surface area contributed by atoms with Gasteiger partial charge in [0, 0.05) is 29.5 Å². The van der Waals surface area contributed by atoms with Gasteiger partial charge in [0.2, 0.25) is 0 Å². The number of methoxy groups -OCH3 is 2. The number of amides is 1. The van der Waals surface area contributed by atoms with Crippen LogP contribution in [0.1, 0.15) is 50.3 Å². The van der Waals surface area contributed by atoms with Crippen LogP contribution in [0.25, 0.3) is 0 Å². The molecule has 42 heavy (non-hydrogen) atoms. The summed E-state index contributed by atoms with van der Waals surface area (Å²) in [6.45, 7) is 2.39. The molecule has 3 aromatic carbocycles. The maximum absolute atomic E-state index is 12.8. The van der Waals surface area contributed by atoms with Crippen molar-refractivity contribution in [3.05, 3.63) is 136 Å². The van der Waals surface area contributed by atoms with Gasteiger partial charge in [-0.05, 0) is 42.3 Å². The largest absolute Gasteiger partial charge is 0.497 e. The molecule has 0 fully saturated rings. The van der Waals surface area contributed by atoms with Crippen LogP contribution in [0.2, 0.25) is 0 Å². The van der Waals surface area contributed by atoms with E-state index in [2.05, 4.69) is 75.9 Å². The van der Waals surface area contributed by atoms with Crippen LogP contribution >= 0.6 is 11.3 Å². The van der Waals surface area contributed by atoms with E-state index < -0.39 is 0 Å². The first kappa shape index (κ1) is 29.1. The van der Waals surface area contributed by atoms with E-state index in [4.69, 9.17) is 13.9 Å². The summed E-state index contributed by atoms with van der Waals surface area (Å²) in [4.78, 5) is 19.8. The van der Waals surface area contributed by atoms with Gasteiger partial charge in [0.25, 0.3) is 5.91 Å². The second-order valence-electron chi connectivity index (χ2n) is 9.94. The molecule has 0 atom stereocenters. The van der Waals surface area contributed by atoms with Crippen LogP contribution in [0.15, 0.2) is 107 Å². The first-order valence-corrected chi connectivity index (χ1v) is 14.8. The van der Waals surface area contributed by atoms with Crippen LogP contribution in [0.5, 0.6) is 11.5 Å². The molecule has 5 rings (SSSR count). The monoisotopic (exact) mass is 581 g/mol. The quantitative estimate of drug-likeness (QED) is 0.154. The lowest BCUT2D eigenvalue weighted by Crippen LogP contribution is -2.26. The number of furan rings is 1. The highest BCUT2D eigenvalue weighted by molar-refractivity contribution is 7.09. The van der Waals surface area contributed by atoms with Crippen molar-refractivity contribution in [2.45, 2.75) is 32.0 Å². The normalized spacial score (nSPS) is 11.1. The lowest BCUT2D eigenvalue weighted by Gasteiger charge is -2.26. The van der Waals surface area contributed by atoms with E-state index in [0.717, 1.165) is 35.0 Å². The Kier molecular flexibility index (Phi) is 10.0. The van der Waals surface area contributed by atoms with Crippen molar-refractivity contribution in [1.82, 2.24) is 15.2 Å². The van der Waals surface area contributed by atoms with Crippen LogP contribution in [-0.2, 0) is 19.6 Å². The molecule has 0 saturated heterocycles. The number of hydrogen-bond acceptors (Lipinski definition) is 7. The molecule has 0 bridgehead atoms. The fourth-order valence-electron chi connectivity index (χ4n) is 5.00. The Labute approximate surface area is 250 Å². The minimum atomic E-state index is -0.217. The van der Waals surface area contributed by atoms with Crippen molar-refractivity contribution in [3.63, 3.8) is 0 Å². The molecule has 2 heterocycles. The van der Waals surface area contributed by atoms with E-state index in [1.54, 1.807) is 26.5 Å². The Morgan fingerprint density at radius 3 is 2.31 bits per heavy atom. The number of thiazole rings is 1. The van der Waals surface area contributed by atoms with Gasteiger partial charge in [-0.3, -0.25) is 9.69 Å². The topological polar surface area (TPSA) is 76.8 Å². The lowest BCUT2D eigenvalue weighted by atomic mass is 9.88. The molecule has 8 heteroatoms. The van der Waals surface area contributed by atoms with Crippen LogP contribution < -0.4 is 14.8 Å². The molecular formula is C34H35N3O4S. The Morgan fingerprint density at radius 2 is 1.67 bits per heavy atom. The van der Waals surface area contributed by atoms with Gasteiger partial charge in [0.05, 0.1) is 33.6 Å². The van der Waals surface area contributed by atoms with Crippen molar-refractivity contribution < 1.29 is 18.7 Å². The van der Waals surface area contributed by atoms with Gasteiger partial charge in [-0.25, -0.2) is 4.98 Å². The summed E-state index contributed by atoms with van der Waals surface area (Å²) in [6.07, 6.45) is 2.50. The minimum Gasteiger partial charge on any atom is -0.497 e. The van der Waals surface area contributed by atoms with E-state index in [0.29, 0.717) is 31.1 Å². The molecule has 0 aliphatic rings. The standard InChI is InChI=1S/C34H35N3O4S/c1-39-28-16-15-27(32(20-28)40-2)22-37(18-17-30(25-10-5-3-6-11-25)26-12-7-4-8-13-26)23-33-36-31(24-42-33)34(38)35-21-29-14-9-19-41-29/h3-16,19-20,24,30H,17-18,21-23H2,1-2H3,(H,35,38). The minimum absolute atomic E-state index is 0.217. The number of hydrogen-bond donors (Lipinski definition) is 1. The van der Waals surface area contributed by atoms with Gasteiger partial charge in [-0.15, -0.1) is 11.3 Å². The SMILES string of the molecule is COc1ccc(CN(CCC(c2ccccc2)c2ccccc2)Cc2nc(C(=O)NCc3ccco3)cs2)c(OC)c1. The zero-order chi connectivity index (χ0) is 29.1. The predicted molar refractivity (Wildman–Crippen MR) is 165 cm³/mol. The van der Waals surface area contributed by atoms with Gasteiger partial charge < -0.3 is 19.2 Å². The van der Waals surface area contributed by atoms with Gasteiger partial charge in [-0.1, -0.05) is 66.7 Å². The van der Waals surface area contributed by atoms with Crippen LogP contribution in [0.4, 0.5) is 0 Å². The molecule has 0 radical (unpaired) electrons. The lowest BCUT2D eigenvalue weighted by molar-refractivity contribution is 0.0943. The van der Waals surface area contributed by atoms with Crippen molar-refractivity contribution in [2.75, 3.05) is 20.8 Å². The van der Waals surface area contributed by atoms with E-state index >= 15 is 0 Å². The number of ether oxygens (including phenoxy) is 2. The van der Waals surface area contributed by atoms with E-state index in [-0.39, 0.29) is 11.8 Å². The van der Waals surface area contributed by atoms with Crippen LogP contribution in [0.3, 0.4) is 0 Å². The number of carbonyl (C=O) groups is 1. The summed E-state index contributed by atoms with van der Waals surface area (Å²) in [5.41, 5.74) is 4.04. The van der Waals surface area contributed by atoms with Crippen molar-refractivity contribution in [3.8, 4) is 11.5 Å². The summed E-state index contributed by atoms with van der Waals surface area (Å²) >= 11 is 1.49. The maximum atomic E-state index is 12.8. The number of carbonyl (C=O) groups excluding carboxylic acids is 1. The highest BCUT2D eigenvalue weighted by atomic mass is 32.1. The van der Waals surface area contributed by atoms with Gasteiger partial charge in [0.15, 0.2) is 0 Å². The number of nitrogens with zero attached hydrogens (tertiary/aromatic N) is 2. The maximum Gasteiger partial charge on any atom is 0.271 e. The smallest absolute Gasteiger partial charge is 0.271 e. The average Bonchev–Trinajstić information content (AvgIpc) is 3.74. The Morgan fingerprint density at radius 1 is 0.929 bits per heavy atom. The number of rotatable bonds is 14. The predicted octanol–water partition coefficient (Wildman–Crippen LogP) is 6.91. The molecule has 0 saturated carbocycles. The zero-order valence-electron chi connectivity index (χ0n) is 23.9. The molecule has 5 aromatic rings. The van der Waals surface area contributed by atoms with E-state index in [9.17, 15) is 4.79 Å². The molecule has 7 nitrogen and oxygen atoms in total. The Balaban J connectivity index is 1.35. The van der Waals surface area contributed by atoms with Crippen molar-refractivity contribution in [2.24, 2.45) is 0 Å². The van der Waals surface area contributed by atoms with Crippen LogP contribution in [0, 0.1) is 0 Å². The first-order valence-electron chi connectivity index (χ1n) is 13.9. The molecule has 0 aliphatic heterocycles. The Hall–Kier alpha value is -4.40. The fraction of sp³-hybridized carbons (Fsp3) is 0.235. The molecule has 0 unspecified atom stereocenters. The van der Waals surface area contributed by atoms with Gasteiger partial charge >= 0.3 is 0 Å². The fourth-order valence-corrected chi connectivity index (χ4v) is 5.81. The highest BCUT2D eigenvalue weighted by Gasteiger charge is 2.20. The molecule has 216 valence electrons. The summed E-state index contributed by atoms with van der Waals surface area (Å²) in [5.74, 6) is 2.25. The summed E-state index contributed by atoms with van der Waals surface area (Å²) in [6, 6.07) is 30.8. The van der Waals surface area contributed by atoms with Crippen LogP contribution in [-0.4, -0.2) is 36.6 Å². The summed E-state index contributed by atoms with van der Waals surface area (Å²) < 4.78 is 16.4. The third-order valence-corrected chi connectivity index (χ3v) is 8.01. The van der Waals surface area contributed by atoms with Crippen molar-refractivity contribution >= 4 is 17.2 Å². The average molecular weight is 582 g/mol. The first-order chi connectivity index (χ1) is 20.6. The number of aromatic nitrogens is 1. The summed E-state index contributed by atoms with van der Waals surface area (Å²) in [7, 11) is 3.33. The van der Waals surface area contributed by atoms with Crippen molar-refractivity contribution in [1.29, 1.82) is 0 Å². The second-order valence-corrected chi connectivity index (χ2v) is 10.9. The third-order valence-electron chi connectivity index (χ3n) is 7.17.